The lowest BCUT2D eigenvalue weighted by atomic mass is 9.59. The van der Waals surface area contributed by atoms with Gasteiger partial charge in [0.2, 0.25) is 0 Å². The van der Waals surface area contributed by atoms with Gasteiger partial charge in [-0.25, -0.2) is 0 Å². The summed E-state index contributed by atoms with van der Waals surface area (Å²) >= 11 is 0. The first-order valence-electron chi connectivity index (χ1n) is 8.06. The van der Waals surface area contributed by atoms with Gasteiger partial charge in [0.1, 0.15) is 5.75 Å². The molecule has 0 aromatic heterocycles. The van der Waals surface area contributed by atoms with E-state index in [-0.39, 0.29) is 5.41 Å². The van der Waals surface area contributed by atoms with E-state index in [0.717, 1.165) is 42.9 Å². The lowest BCUT2D eigenvalue weighted by Crippen LogP contribution is -2.50. The quantitative estimate of drug-likeness (QED) is 0.873. The third-order valence-electron chi connectivity index (χ3n) is 5.69. The van der Waals surface area contributed by atoms with Gasteiger partial charge < -0.3 is 15.6 Å². The molecule has 0 saturated heterocycles. The maximum absolute atomic E-state index is 11.3. The lowest BCUT2D eigenvalue weighted by Gasteiger charge is -2.49. The van der Waals surface area contributed by atoms with Gasteiger partial charge in [-0.15, -0.1) is 0 Å². The Bertz CT molecular complexity index is 462. The van der Waals surface area contributed by atoms with Gasteiger partial charge in [-0.1, -0.05) is 25.5 Å². The lowest BCUT2D eigenvalue weighted by molar-refractivity contribution is -0.0982. The third-order valence-corrected chi connectivity index (χ3v) is 5.69. The largest absolute Gasteiger partial charge is 0.497 e. The van der Waals surface area contributed by atoms with Gasteiger partial charge in [-0.05, 0) is 56.2 Å². The van der Waals surface area contributed by atoms with Gasteiger partial charge in [-0.2, -0.15) is 0 Å². The molecule has 0 aliphatic heterocycles. The highest BCUT2D eigenvalue weighted by atomic mass is 16.5. The second-order valence-electron chi connectivity index (χ2n) is 6.64. The van der Waals surface area contributed by atoms with E-state index >= 15 is 0 Å². The Morgan fingerprint density at radius 3 is 2.57 bits per heavy atom. The molecule has 1 aliphatic carbocycles. The van der Waals surface area contributed by atoms with Crippen LogP contribution in [0, 0.1) is 11.3 Å². The highest BCUT2D eigenvalue weighted by Gasteiger charge is 2.48. The molecule has 1 saturated carbocycles. The number of nitrogens with two attached hydrogens (primary N) is 1. The van der Waals surface area contributed by atoms with E-state index in [4.69, 9.17) is 10.5 Å². The minimum atomic E-state index is -0.922. The van der Waals surface area contributed by atoms with E-state index in [2.05, 4.69) is 6.92 Å². The zero-order valence-electron chi connectivity index (χ0n) is 13.6. The van der Waals surface area contributed by atoms with Crippen molar-refractivity contribution in [2.45, 2.75) is 51.6 Å². The SMILES string of the molecule is CCC1CCC(CN)(C(C)(O)c2cccc(OC)c2)CC1. The van der Waals surface area contributed by atoms with Crippen molar-refractivity contribution in [1.82, 2.24) is 0 Å². The van der Waals surface area contributed by atoms with Crippen LogP contribution in [0.5, 0.6) is 5.75 Å². The van der Waals surface area contributed by atoms with Crippen LogP contribution in [0.25, 0.3) is 0 Å². The number of rotatable bonds is 5. The van der Waals surface area contributed by atoms with Crippen molar-refractivity contribution in [1.29, 1.82) is 0 Å². The van der Waals surface area contributed by atoms with Crippen molar-refractivity contribution >= 4 is 0 Å². The summed E-state index contributed by atoms with van der Waals surface area (Å²) in [5.41, 5.74) is 5.88. The Balaban J connectivity index is 2.30. The van der Waals surface area contributed by atoms with Crippen molar-refractivity contribution in [3.63, 3.8) is 0 Å². The molecule has 2 rings (SSSR count). The molecule has 0 heterocycles. The third kappa shape index (κ3) is 2.95. The van der Waals surface area contributed by atoms with Gasteiger partial charge in [0.15, 0.2) is 0 Å². The van der Waals surface area contributed by atoms with E-state index in [1.165, 1.54) is 6.42 Å². The highest BCUT2D eigenvalue weighted by molar-refractivity contribution is 5.33. The average molecular weight is 291 g/mol. The summed E-state index contributed by atoms with van der Waals surface area (Å²) in [5, 5.41) is 11.3. The molecule has 3 N–H and O–H groups in total. The Kier molecular flexibility index (Phi) is 4.95. The number of ether oxygens (including phenoxy) is 1. The van der Waals surface area contributed by atoms with E-state index in [9.17, 15) is 5.11 Å². The predicted octanol–water partition coefficient (Wildman–Crippen LogP) is 3.45. The van der Waals surface area contributed by atoms with Crippen molar-refractivity contribution in [2.75, 3.05) is 13.7 Å². The Hall–Kier alpha value is -1.06. The summed E-state index contributed by atoms with van der Waals surface area (Å²) in [6.45, 7) is 4.69. The standard InChI is InChI=1S/C18H29NO2/c1-4-14-8-10-18(13-19,11-9-14)17(2,20)15-6-5-7-16(12-15)21-3/h5-7,12,14,20H,4,8-11,13,19H2,1-3H3. The Labute approximate surface area is 128 Å². The van der Waals surface area contributed by atoms with Crippen LogP contribution in [0.1, 0.15) is 51.5 Å². The van der Waals surface area contributed by atoms with Gasteiger partial charge >= 0.3 is 0 Å². The number of methoxy groups -OCH3 is 1. The molecule has 1 aromatic carbocycles. The van der Waals surface area contributed by atoms with Crippen LogP contribution in [0.4, 0.5) is 0 Å². The molecular formula is C18H29NO2. The first-order chi connectivity index (χ1) is 9.99. The molecular weight excluding hydrogens is 262 g/mol. The Morgan fingerprint density at radius 2 is 2.05 bits per heavy atom. The summed E-state index contributed by atoms with van der Waals surface area (Å²) in [5.74, 6) is 1.56. The summed E-state index contributed by atoms with van der Waals surface area (Å²) in [6.07, 6.45) is 5.53. The summed E-state index contributed by atoms with van der Waals surface area (Å²) in [7, 11) is 1.65. The van der Waals surface area contributed by atoms with Gasteiger partial charge in [-0.3, -0.25) is 0 Å². The molecule has 1 fully saturated rings. The molecule has 0 amide bonds. The van der Waals surface area contributed by atoms with E-state index in [0.29, 0.717) is 6.54 Å². The van der Waals surface area contributed by atoms with Gasteiger partial charge in [0.05, 0.1) is 12.7 Å². The normalized spacial score (nSPS) is 28.9. The molecule has 0 radical (unpaired) electrons. The second kappa shape index (κ2) is 6.37. The molecule has 1 atom stereocenters. The van der Waals surface area contributed by atoms with Crippen LogP contribution in [0.3, 0.4) is 0 Å². The van der Waals surface area contributed by atoms with Crippen LogP contribution in [0.2, 0.25) is 0 Å². The maximum atomic E-state index is 11.3. The second-order valence-corrected chi connectivity index (χ2v) is 6.64. The number of aliphatic hydroxyl groups is 1. The van der Waals surface area contributed by atoms with Crippen molar-refractivity contribution < 1.29 is 9.84 Å². The zero-order chi connectivity index (χ0) is 15.5. The molecule has 0 bridgehead atoms. The number of benzene rings is 1. The zero-order valence-corrected chi connectivity index (χ0v) is 13.6. The average Bonchev–Trinajstić information content (AvgIpc) is 2.54. The van der Waals surface area contributed by atoms with Crippen molar-refractivity contribution in [3.8, 4) is 5.75 Å². The minimum absolute atomic E-state index is 0.231. The maximum Gasteiger partial charge on any atom is 0.119 e. The Morgan fingerprint density at radius 1 is 1.38 bits per heavy atom. The summed E-state index contributed by atoms with van der Waals surface area (Å²) in [4.78, 5) is 0. The number of hydrogen-bond donors (Lipinski definition) is 2. The van der Waals surface area contributed by atoms with Crippen LogP contribution >= 0.6 is 0 Å². The molecule has 1 aromatic rings. The fourth-order valence-corrected chi connectivity index (χ4v) is 3.76. The topological polar surface area (TPSA) is 55.5 Å². The smallest absolute Gasteiger partial charge is 0.119 e. The molecule has 3 nitrogen and oxygen atoms in total. The molecule has 0 spiro atoms. The first-order valence-corrected chi connectivity index (χ1v) is 8.06. The van der Waals surface area contributed by atoms with E-state index in [1.807, 2.05) is 31.2 Å². The molecule has 1 aliphatic rings. The van der Waals surface area contributed by atoms with E-state index in [1.54, 1.807) is 7.11 Å². The monoisotopic (exact) mass is 291 g/mol. The summed E-state index contributed by atoms with van der Waals surface area (Å²) in [6, 6.07) is 7.75. The van der Waals surface area contributed by atoms with Crippen LogP contribution in [0.15, 0.2) is 24.3 Å². The van der Waals surface area contributed by atoms with Gasteiger partial charge in [0, 0.05) is 12.0 Å². The van der Waals surface area contributed by atoms with Crippen LogP contribution in [-0.2, 0) is 5.60 Å². The van der Waals surface area contributed by atoms with Crippen LogP contribution in [-0.4, -0.2) is 18.8 Å². The molecule has 21 heavy (non-hydrogen) atoms. The molecule has 1 unspecified atom stereocenters. The first kappa shape index (κ1) is 16.3. The van der Waals surface area contributed by atoms with Crippen molar-refractivity contribution in [3.05, 3.63) is 29.8 Å². The predicted molar refractivity (Wildman–Crippen MR) is 86.3 cm³/mol. The minimum Gasteiger partial charge on any atom is -0.497 e. The highest BCUT2D eigenvalue weighted by Crippen LogP contribution is 2.51. The van der Waals surface area contributed by atoms with E-state index < -0.39 is 5.60 Å². The molecule has 118 valence electrons. The summed E-state index contributed by atoms with van der Waals surface area (Å²) < 4.78 is 5.30. The van der Waals surface area contributed by atoms with Gasteiger partial charge in [0.25, 0.3) is 0 Å². The molecule has 3 heteroatoms. The fraction of sp³-hybridized carbons (Fsp3) is 0.667. The number of hydrogen-bond acceptors (Lipinski definition) is 3. The fourth-order valence-electron chi connectivity index (χ4n) is 3.76. The van der Waals surface area contributed by atoms with Crippen molar-refractivity contribution in [2.24, 2.45) is 17.1 Å². The van der Waals surface area contributed by atoms with Crippen LogP contribution < -0.4 is 10.5 Å².